The summed E-state index contributed by atoms with van der Waals surface area (Å²) in [6, 6.07) is 15.2. The summed E-state index contributed by atoms with van der Waals surface area (Å²) in [5.41, 5.74) is 3.53. The first-order chi connectivity index (χ1) is 11.1. The predicted octanol–water partition coefficient (Wildman–Crippen LogP) is 3.51. The number of benzene rings is 2. The monoisotopic (exact) mass is 309 g/mol. The van der Waals surface area contributed by atoms with Crippen molar-refractivity contribution < 1.29 is 14.3 Å². The molecule has 4 heteroatoms. The van der Waals surface area contributed by atoms with Crippen LogP contribution in [0.1, 0.15) is 41.3 Å². The van der Waals surface area contributed by atoms with Crippen LogP contribution in [-0.2, 0) is 16.1 Å². The third kappa shape index (κ3) is 2.84. The molecule has 0 radical (unpaired) electrons. The quantitative estimate of drug-likeness (QED) is 0.812. The average Bonchev–Trinajstić information content (AvgIpc) is 2.92. The van der Waals surface area contributed by atoms with E-state index in [0.717, 1.165) is 22.4 Å². The van der Waals surface area contributed by atoms with E-state index in [1.165, 1.54) is 0 Å². The molecule has 0 saturated carbocycles. The molecule has 0 fully saturated rings. The lowest BCUT2D eigenvalue weighted by Gasteiger charge is -2.17. The van der Waals surface area contributed by atoms with Gasteiger partial charge in [-0.2, -0.15) is 0 Å². The van der Waals surface area contributed by atoms with Crippen LogP contribution in [0.3, 0.4) is 0 Å². The number of hydrogen-bond donors (Lipinski definition) is 0. The van der Waals surface area contributed by atoms with E-state index in [-0.39, 0.29) is 17.8 Å². The Labute approximate surface area is 135 Å². The molecule has 0 spiro atoms. The molecule has 23 heavy (non-hydrogen) atoms. The van der Waals surface area contributed by atoms with E-state index in [4.69, 9.17) is 4.74 Å². The highest BCUT2D eigenvalue weighted by Crippen LogP contribution is 2.29. The Hall–Kier alpha value is -2.62. The Morgan fingerprint density at radius 1 is 1.17 bits per heavy atom. The molecule has 1 atom stereocenters. The minimum absolute atomic E-state index is 0.0202. The Morgan fingerprint density at radius 2 is 1.87 bits per heavy atom. The van der Waals surface area contributed by atoms with Gasteiger partial charge in [-0.15, -0.1) is 0 Å². The van der Waals surface area contributed by atoms with Crippen molar-refractivity contribution in [1.82, 2.24) is 0 Å². The fourth-order valence-electron chi connectivity index (χ4n) is 2.81. The Kier molecular flexibility index (Phi) is 4.15. The first kappa shape index (κ1) is 15.3. The number of esters is 1. The van der Waals surface area contributed by atoms with Gasteiger partial charge in [0, 0.05) is 11.3 Å². The van der Waals surface area contributed by atoms with Gasteiger partial charge in [-0.3, -0.25) is 9.59 Å². The largest absolute Gasteiger partial charge is 0.466 e. The van der Waals surface area contributed by atoms with Crippen LogP contribution in [0.4, 0.5) is 5.69 Å². The SMILES string of the molecule is CCOC(=O)[C@H](C)c1ccc(N2Cc3ccccc3C2=O)cc1. The van der Waals surface area contributed by atoms with Gasteiger partial charge in [-0.05, 0) is 43.2 Å². The van der Waals surface area contributed by atoms with Gasteiger partial charge in [0.15, 0.2) is 0 Å². The molecule has 118 valence electrons. The highest BCUT2D eigenvalue weighted by atomic mass is 16.5. The van der Waals surface area contributed by atoms with Crippen molar-refractivity contribution in [2.75, 3.05) is 11.5 Å². The van der Waals surface area contributed by atoms with Gasteiger partial charge in [0.2, 0.25) is 0 Å². The maximum Gasteiger partial charge on any atom is 0.313 e. The summed E-state index contributed by atoms with van der Waals surface area (Å²) in [5.74, 6) is -0.521. The van der Waals surface area contributed by atoms with Crippen LogP contribution >= 0.6 is 0 Å². The van der Waals surface area contributed by atoms with E-state index in [9.17, 15) is 9.59 Å². The summed E-state index contributed by atoms with van der Waals surface area (Å²) in [4.78, 5) is 26.0. The lowest BCUT2D eigenvalue weighted by Crippen LogP contribution is -2.23. The smallest absolute Gasteiger partial charge is 0.313 e. The molecule has 1 aliphatic rings. The van der Waals surface area contributed by atoms with Crippen LogP contribution in [0.2, 0.25) is 0 Å². The molecule has 1 amide bonds. The van der Waals surface area contributed by atoms with Gasteiger partial charge >= 0.3 is 5.97 Å². The Bertz CT molecular complexity index is 737. The molecule has 3 rings (SSSR count). The normalized spacial score (nSPS) is 14.5. The maximum absolute atomic E-state index is 12.5. The lowest BCUT2D eigenvalue weighted by atomic mass is 10.0. The van der Waals surface area contributed by atoms with Crippen molar-refractivity contribution in [3.63, 3.8) is 0 Å². The number of carbonyl (C=O) groups excluding carboxylic acids is 2. The average molecular weight is 309 g/mol. The Balaban J connectivity index is 1.79. The molecule has 4 nitrogen and oxygen atoms in total. The number of hydrogen-bond acceptors (Lipinski definition) is 3. The molecule has 0 saturated heterocycles. The van der Waals surface area contributed by atoms with Crippen LogP contribution in [0.15, 0.2) is 48.5 Å². The molecule has 0 unspecified atom stereocenters. The van der Waals surface area contributed by atoms with E-state index < -0.39 is 0 Å². The predicted molar refractivity (Wildman–Crippen MR) is 88.4 cm³/mol. The molecular formula is C19H19NO3. The molecular weight excluding hydrogens is 290 g/mol. The summed E-state index contributed by atoms with van der Waals surface area (Å²) in [6.45, 7) is 4.58. The zero-order valence-electron chi connectivity index (χ0n) is 13.3. The van der Waals surface area contributed by atoms with Gasteiger partial charge in [0.25, 0.3) is 5.91 Å². The van der Waals surface area contributed by atoms with Gasteiger partial charge < -0.3 is 9.64 Å². The second-order valence-electron chi connectivity index (χ2n) is 5.61. The zero-order chi connectivity index (χ0) is 16.4. The zero-order valence-corrected chi connectivity index (χ0v) is 13.3. The number of anilines is 1. The van der Waals surface area contributed by atoms with Crippen LogP contribution in [0.5, 0.6) is 0 Å². The number of amides is 1. The topological polar surface area (TPSA) is 46.6 Å². The van der Waals surface area contributed by atoms with Gasteiger partial charge in [-0.1, -0.05) is 30.3 Å². The number of ether oxygens (including phenoxy) is 1. The summed E-state index contributed by atoms with van der Waals surface area (Å²) < 4.78 is 5.04. The van der Waals surface area contributed by atoms with E-state index in [2.05, 4.69) is 0 Å². The third-order valence-electron chi connectivity index (χ3n) is 4.17. The lowest BCUT2D eigenvalue weighted by molar-refractivity contribution is -0.144. The number of carbonyl (C=O) groups is 2. The fourth-order valence-corrected chi connectivity index (χ4v) is 2.81. The number of fused-ring (bicyclic) bond motifs is 1. The highest BCUT2D eigenvalue weighted by molar-refractivity contribution is 6.09. The van der Waals surface area contributed by atoms with Crippen molar-refractivity contribution in [2.24, 2.45) is 0 Å². The second-order valence-corrected chi connectivity index (χ2v) is 5.61. The second kappa shape index (κ2) is 6.24. The molecule has 0 bridgehead atoms. The third-order valence-corrected chi connectivity index (χ3v) is 4.17. The van der Waals surface area contributed by atoms with Crippen molar-refractivity contribution >= 4 is 17.6 Å². The standard InChI is InChI=1S/C19H19NO3/c1-3-23-19(22)13(2)14-8-10-16(11-9-14)20-12-15-6-4-5-7-17(15)18(20)21/h4-11,13H,3,12H2,1-2H3/t13-/m1/s1. The molecule has 0 aromatic heterocycles. The van der Waals surface area contributed by atoms with Crippen molar-refractivity contribution in [2.45, 2.75) is 26.3 Å². The number of rotatable bonds is 4. The van der Waals surface area contributed by atoms with E-state index in [1.54, 1.807) is 11.8 Å². The van der Waals surface area contributed by atoms with E-state index in [0.29, 0.717) is 13.2 Å². The van der Waals surface area contributed by atoms with E-state index >= 15 is 0 Å². The van der Waals surface area contributed by atoms with Crippen molar-refractivity contribution in [3.8, 4) is 0 Å². The fraction of sp³-hybridized carbons (Fsp3) is 0.263. The number of nitrogens with zero attached hydrogens (tertiary/aromatic N) is 1. The summed E-state index contributed by atoms with van der Waals surface area (Å²) in [7, 11) is 0. The van der Waals surface area contributed by atoms with Crippen LogP contribution in [-0.4, -0.2) is 18.5 Å². The highest BCUT2D eigenvalue weighted by Gasteiger charge is 2.28. The maximum atomic E-state index is 12.5. The molecule has 0 aliphatic carbocycles. The van der Waals surface area contributed by atoms with Crippen molar-refractivity contribution in [1.29, 1.82) is 0 Å². The van der Waals surface area contributed by atoms with Gasteiger partial charge in [0.05, 0.1) is 19.1 Å². The summed E-state index contributed by atoms with van der Waals surface area (Å²) >= 11 is 0. The van der Waals surface area contributed by atoms with Crippen LogP contribution in [0.25, 0.3) is 0 Å². The molecule has 2 aromatic rings. The summed E-state index contributed by atoms with van der Waals surface area (Å²) in [6.07, 6.45) is 0. The van der Waals surface area contributed by atoms with E-state index in [1.807, 2.05) is 55.5 Å². The first-order valence-corrected chi connectivity index (χ1v) is 7.78. The van der Waals surface area contributed by atoms with Crippen LogP contribution < -0.4 is 4.90 Å². The van der Waals surface area contributed by atoms with Gasteiger partial charge in [0.1, 0.15) is 0 Å². The minimum atomic E-state index is -0.310. The molecule has 1 heterocycles. The Morgan fingerprint density at radius 3 is 2.52 bits per heavy atom. The van der Waals surface area contributed by atoms with Crippen molar-refractivity contribution in [3.05, 3.63) is 65.2 Å². The van der Waals surface area contributed by atoms with Crippen LogP contribution in [0, 0.1) is 0 Å². The minimum Gasteiger partial charge on any atom is -0.466 e. The molecule has 2 aromatic carbocycles. The van der Waals surface area contributed by atoms with Gasteiger partial charge in [-0.25, -0.2) is 0 Å². The first-order valence-electron chi connectivity index (χ1n) is 7.78. The molecule has 1 aliphatic heterocycles. The summed E-state index contributed by atoms with van der Waals surface area (Å²) in [5, 5.41) is 0. The molecule has 0 N–H and O–H groups in total.